The summed E-state index contributed by atoms with van der Waals surface area (Å²) in [7, 11) is 1.94. The summed E-state index contributed by atoms with van der Waals surface area (Å²) in [5.41, 5.74) is 1.47. The van der Waals surface area contributed by atoms with Gasteiger partial charge in [0.25, 0.3) is 0 Å². The molecule has 3 rings (SSSR count). The predicted molar refractivity (Wildman–Crippen MR) is 58.5 cm³/mol. The molecule has 0 saturated carbocycles. The van der Waals surface area contributed by atoms with Crippen LogP contribution in [0, 0.1) is 0 Å². The molecule has 0 unspecified atom stereocenters. The molecule has 0 radical (unpaired) electrons. The van der Waals surface area contributed by atoms with E-state index in [1.807, 2.05) is 36.5 Å². The summed E-state index contributed by atoms with van der Waals surface area (Å²) >= 11 is 0. The maximum Gasteiger partial charge on any atom is 0.180 e. The number of pyridine rings is 1. The summed E-state index contributed by atoms with van der Waals surface area (Å²) in [6.07, 6.45) is 5.44. The molecular weight excluding hydrogens is 190 g/mol. The van der Waals surface area contributed by atoms with E-state index in [-0.39, 0.29) is 0 Å². The quantitative estimate of drug-likeness (QED) is 0.694. The van der Waals surface area contributed by atoms with Crippen LogP contribution in [0.4, 0.5) is 11.6 Å². The van der Waals surface area contributed by atoms with Crippen LogP contribution < -0.4 is 10.2 Å². The summed E-state index contributed by atoms with van der Waals surface area (Å²) < 4.78 is 0. The van der Waals surface area contributed by atoms with Crippen molar-refractivity contribution in [2.75, 3.05) is 17.3 Å². The molecule has 0 spiro atoms. The zero-order valence-corrected chi connectivity index (χ0v) is 8.18. The topological polar surface area (TPSA) is 53.9 Å². The van der Waals surface area contributed by atoms with E-state index in [4.69, 9.17) is 0 Å². The number of aromatic nitrogens is 3. The third-order valence-corrected chi connectivity index (χ3v) is 2.27. The number of rotatable bonds is 0. The molecule has 0 aliphatic carbocycles. The number of anilines is 2. The molecule has 2 aromatic heterocycles. The highest BCUT2D eigenvalue weighted by Crippen LogP contribution is 2.25. The molecule has 1 aliphatic rings. The zero-order valence-electron chi connectivity index (χ0n) is 8.18. The van der Waals surface area contributed by atoms with Crippen molar-refractivity contribution in [2.24, 2.45) is 0 Å². The van der Waals surface area contributed by atoms with Crippen molar-refractivity contribution in [3.8, 4) is 0 Å². The van der Waals surface area contributed by atoms with E-state index in [0.29, 0.717) is 5.65 Å². The zero-order chi connectivity index (χ0) is 10.3. The van der Waals surface area contributed by atoms with Gasteiger partial charge in [0, 0.05) is 25.6 Å². The number of hydrogen-bond donors (Lipinski definition) is 1. The average Bonchev–Trinajstić information content (AvgIpc) is 2.27. The van der Waals surface area contributed by atoms with Gasteiger partial charge in [0.05, 0.1) is 0 Å². The van der Waals surface area contributed by atoms with E-state index in [9.17, 15) is 0 Å². The summed E-state index contributed by atoms with van der Waals surface area (Å²) in [5.74, 6) is 1.56. The Bertz CT molecular complexity index is 549. The largest absolute Gasteiger partial charge is 0.342 e. The lowest BCUT2D eigenvalue weighted by Gasteiger charge is -2.20. The van der Waals surface area contributed by atoms with Crippen molar-refractivity contribution < 1.29 is 0 Å². The van der Waals surface area contributed by atoms with Gasteiger partial charge in [0.2, 0.25) is 0 Å². The minimum absolute atomic E-state index is 0.660. The van der Waals surface area contributed by atoms with Crippen LogP contribution in [0.3, 0.4) is 0 Å². The van der Waals surface area contributed by atoms with E-state index in [0.717, 1.165) is 17.2 Å². The third kappa shape index (κ3) is 1.20. The number of nitrogens with zero attached hydrogens (tertiary/aromatic N) is 4. The van der Waals surface area contributed by atoms with Gasteiger partial charge in [-0.2, -0.15) is 0 Å². The Kier molecular flexibility index (Phi) is 1.58. The average molecular weight is 199 g/mol. The lowest BCUT2D eigenvalue weighted by Crippen LogP contribution is -2.17. The first kappa shape index (κ1) is 8.16. The van der Waals surface area contributed by atoms with E-state index < -0.39 is 0 Å². The first-order chi connectivity index (χ1) is 7.34. The van der Waals surface area contributed by atoms with Gasteiger partial charge in [-0.3, -0.25) is 0 Å². The lowest BCUT2D eigenvalue weighted by molar-refractivity contribution is 1.08. The number of hydrogen-bond acceptors (Lipinski definition) is 5. The minimum atomic E-state index is 0.660. The second-order valence-electron chi connectivity index (χ2n) is 3.31. The molecule has 1 aliphatic heterocycles. The van der Waals surface area contributed by atoms with Crippen molar-refractivity contribution in [2.45, 2.75) is 0 Å². The van der Waals surface area contributed by atoms with Gasteiger partial charge < -0.3 is 10.2 Å². The van der Waals surface area contributed by atoms with E-state index in [2.05, 4.69) is 20.3 Å². The van der Waals surface area contributed by atoms with Crippen molar-refractivity contribution in [1.29, 1.82) is 0 Å². The van der Waals surface area contributed by atoms with Gasteiger partial charge in [0.1, 0.15) is 5.52 Å². The van der Waals surface area contributed by atoms with Gasteiger partial charge in [-0.1, -0.05) is 0 Å². The maximum atomic E-state index is 4.48. The molecule has 0 fully saturated rings. The fourth-order valence-electron chi connectivity index (χ4n) is 1.53. The fraction of sp³-hybridized carbons (Fsp3) is 0.100. The third-order valence-electron chi connectivity index (χ3n) is 2.27. The highest BCUT2D eigenvalue weighted by molar-refractivity contribution is 5.79. The monoisotopic (exact) mass is 199 g/mol. The van der Waals surface area contributed by atoms with Gasteiger partial charge in [-0.15, -0.1) is 0 Å². The van der Waals surface area contributed by atoms with E-state index in [1.165, 1.54) is 0 Å². The Morgan fingerprint density at radius 3 is 3.20 bits per heavy atom. The highest BCUT2D eigenvalue weighted by atomic mass is 15.2. The molecule has 0 atom stereocenters. The van der Waals surface area contributed by atoms with E-state index in [1.54, 1.807) is 6.20 Å². The summed E-state index contributed by atoms with van der Waals surface area (Å²) in [6, 6.07) is 3.76. The Labute approximate surface area is 86.5 Å². The Hall–Kier alpha value is -2.17. The molecule has 5 heteroatoms. The molecule has 0 aromatic carbocycles. The molecule has 0 bridgehead atoms. The van der Waals surface area contributed by atoms with Crippen LogP contribution in [-0.4, -0.2) is 22.0 Å². The molecule has 2 aromatic rings. The van der Waals surface area contributed by atoms with Crippen LogP contribution in [0.25, 0.3) is 11.2 Å². The summed E-state index contributed by atoms with van der Waals surface area (Å²) in [5, 5.41) is 3.05. The molecule has 15 heavy (non-hydrogen) atoms. The van der Waals surface area contributed by atoms with Crippen LogP contribution in [0.5, 0.6) is 0 Å². The molecule has 0 amide bonds. The molecular formula is C10H9N5. The maximum absolute atomic E-state index is 4.48. The lowest BCUT2D eigenvalue weighted by atomic mass is 10.4. The molecule has 0 saturated heterocycles. The van der Waals surface area contributed by atoms with Crippen molar-refractivity contribution in [3.63, 3.8) is 0 Å². The van der Waals surface area contributed by atoms with Crippen LogP contribution >= 0.6 is 0 Å². The summed E-state index contributed by atoms with van der Waals surface area (Å²) in [6.45, 7) is 0. The van der Waals surface area contributed by atoms with E-state index >= 15 is 0 Å². The normalized spacial score (nSPS) is 13.8. The minimum Gasteiger partial charge on any atom is -0.342 e. The van der Waals surface area contributed by atoms with Crippen LogP contribution in [0.15, 0.2) is 30.7 Å². The second-order valence-corrected chi connectivity index (χ2v) is 3.31. The van der Waals surface area contributed by atoms with Crippen molar-refractivity contribution in [1.82, 2.24) is 15.0 Å². The van der Waals surface area contributed by atoms with Gasteiger partial charge in [0.15, 0.2) is 17.3 Å². The number of nitrogens with one attached hydrogen (secondary N) is 1. The first-order valence-electron chi connectivity index (χ1n) is 4.63. The molecule has 74 valence electrons. The first-order valence-corrected chi connectivity index (χ1v) is 4.63. The highest BCUT2D eigenvalue weighted by Gasteiger charge is 2.13. The van der Waals surface area contributed by atoms with Gasteiger partial charge >= 0.3 is 0 Å². The summed E-state index contributed by atoms with van der Waals surface area (Å²) in [4.78, 5) is 15.0. The van der Waals surface area contributed by atoms with Gasteiger partial charge in [-0.25, -0.2) is 15.0 Å². The van der Waals surface area contributed by atoms with Crippen LogP contribution in [0.1, 0.15) is 0 Å². The van der Waals surface area contributed by atoms with Crippen LogP contribution in [0.2, 0.25) is 0 Å². The van der Waals surface area contributed by atoms with Crippen molar-refractivity contribution in [3.05, 3.63) is 30.7 Å². The fourth-order valence-corrected chi connectivity index (χ4v) is 1.53. The standard InChI is InChI=1S/C10H9N5/c1-15-6-5-12-9-10(15)13-7-3-2-4-11-8(7)14-9/h2-6H,1H3,(H,11,12,14). The Morgan fingerprint density at radius 1 is 1.33 bits per heavy atom. The SMILES string of the molecule is CN1C=CNc2nc3ncccc3nc21. The Balaban J connectivity index is 2.30. The molecule has 1 N–H and O–H groups in total. The molecule has 3 heterocycles. The van der Waals surface area contributed by atoms with Crippen molar-refractivity contribution >= 4 is 22.8 Å². The predicted octanol–water partition coefficient (Wildman–Crippen LogP) is 1.36. The van der Waals surface area contributed by atoms with Crippen LogP contribution in [-0.2, 0) is 0 Å². The van der Waals surface area contributed by atoms with Gasteiger partial charge in [-0.05, 0) is 12.1 Å². The smallest absolute Gasteiger partial charge is 0.180 e. The number of fused-ring (bicyclic) bond motifs is 2. The molecule has 5 nitrogen and oxygen atoms in total. The Morgan fingerprint density at radius 2 is 2.27 bits per heavy atom. The second kappa shape index (κ2) is 2.91.